The van der Waals surface area contributed by atoms with Crippen molar-refractivity contribution in [1.29, 1.82) is 0 Å². The topological polar surface area (TPSA) is 58.4 Å². The first-order chi connectivity index (χ1) is 8.20. The summed E-state index contributed by atoms with van der Waals surface area (Å²) in [6, 6.07) is 6.21. The first-order valence-corrected chi connectivity index (χ1v) is 6.02. The fourth-order valence-electron chi connectivity index (χ4n) is 2.13. The van der Waals surface area contributed by atoms with E-state index < -0.39 is 0 Å². The maximum absolute atomic E-state index is 11.5. The molecule has 1 aliphatic heterocycles. The highest BCUT2D eigenvalue weighted by molar-refractivity contribution is 5.81. The van der Waals surface area contributed by atoms with Crippen molar-refractivity contribution >= 4 is 11.6 Å². The summed E-state index contributed by atoms with van der Waals surface area (Å²) in [7, 11) is 0. The molecule has 1 aromatic carbocycles. The van der Waals surface area contributed by atoms with Gasteiger partial charge in [-0.2, -0.15) is 0 Å². The number of hydrogen-bond acceptors (Lipinski definition) is 3. The normalized spacial score (nSPS) is 16.6. The number of nitrogens with zero attached hydrogens (tertiary/aromatic N) is 1. The number of aryl methyl sites for hydroxylation is 1. The molecule has 4 heteroatoms. The Balaban J connectivity index is 2.20. The van der Waals surface area contributed by atoms with E-state index in [1.54, 1.807) is 0 Å². The monoisotopic (exact) mass is 233 g/mol. The van der Waals surface area contributed by atoms with Crippen molar-refractivity contribution in [1.82, 2.24) is 5.32 Å². The maximum atomic E-state index is 11.5. The molecule has 3 N–H and O–H groups in total. The molecule has 0 spiro atoms. The summed E-state index contributed by atoms with van der Waals surface area (Å²) < 4.78 is 0. The zero-order chi connectivity index (χ0) is 12.3. The fourth-order valence-corrected chi connectivity index (χ4v) is 2.13. The molecule has 1 aromatic rings. The third-order valence-corrected chi connectivity index (χ3v) is 3.17. The van der Waals surface area contributed by atoms with Crippen LogP contribution in [0.15, 0.2) is 18.2 Å². The lowest BCUT2D eigenvalue weighted by Gasteiger charge is -2.22. The number of nitrogens with one attached hydrogen (secondary N) is 1. The molecule has 1 amide bonds. The first-order valence-electron chi connectivity index (χ1n) is 6.02. The smallest absolute Gasteiger partial charge is 0.239 e. The lowest BCUT2D eigenvalue weighted by Crippen LogP contribution is -2.33. The lowest BCUT2D eigenvalue weighted by molar-refractivity contribution is -0.119. The third-order valence-electron chi connectivity index (χ3n) is 3.17. The van der Waals surface area contributed by atoms with Gasteiger partial charge in [-0.05, 0) is 36.6 Å². The van der Waals surface area contributed by atoms with Gasteiger partial charge in [0.25, 0.3) is 0 Å². The van der Waals surface area contributed by atoms with Crippen molar-refractivity contribution in [2.45, 2.75) is 19.9 Å². The minimum Gasteiger partial charge on any atom is -0.362 e. The molecule has 17 heavy (non-hydrogen) atoms. The highest BCUT2D eigenvalue weighted by Crippen LogP contribution is 2.19. The summed E-state index contributed by atoms with van der Waals surface area (Å²) in [6.45, 7) is 4.76. The third kappa shape index (κ3) is 2.77. The predicted octanol–water partition coefficient (Wildman–Crippen LogP) is 0.780. The molecule has 0 saturated carbocycles. The van der Waals surface area contributed by atoms with Crippen LogP contribution in [0.5, 0.6) is 0 Å². The zero-order valence-corrected chi connectivity index (χ0v) is 10.2. The van der Waals surface area contributed by atoms with Gasteiger partial charge < -0.3 is 16.0 Å². The Kier molecular flexibility index (Phi) is 3.64. The van der Waals surface area contributed by atoms with E-state index in [1.807, 2.05) is 12.1 Å². The number of carbonyl (C=O) groups excluding carboxylic acids is 1. The minimum absolute atomic E-state index is 0.100. The van der Waals surface area contributed by atoms with Gasteiger partial charge in [0.15, 0.2) is 0 Å². The summed E-state index contributed by atoms with van der Waals surface area (Å²) in [6.07, 6.45) is 0.990. The van der Waals surface area contributed by atoms with Crippen LogP contribution in [0.25, 0.3) is 0 Å². The molecule has 0 aromatic heterocycles. The Bertz CT molecular complexity index is 417. The molecule has 0 radical (unpaired) electrons. The molecule has 0 bridgehead atoms. The Morgan fingerprint density at radius 1 is 1.47 bits per heavy atom. The van der Waals surface area contributed by atoms with Crippen molar-refractivity contribution in [3.8, 4) is 0 Å². The van der Waals surface area contributed by atoms with Crippen LogP contribution in [0.3, 0.4) is 0 Å². The van der Waals surface area contributed by atoms with Crippen LogP contribution in [0.4, 0.5) is 5.69 Å². The van der Waals surface area contributed by atoms with Gasteiger partial charge >= 0.3 is 0 Å². The SMILES string of the molecule is Cc1cc(N2CCCNC(=O)C2)ccc1CN. The van der Waals surface area contributed by atoms with Gasteiger partial charge in [-0.25, -0.2) is 0 Å². The van der Waals surface area contributed by atoms with Gasteiger partial charge in [0.05, 0.1) is 6.54 Å². The molecule has 0 atom stereocenters. The van der Waals surface area contributed by atoms with E-state index >= 15 is 0 Å². The van der Waals surface area contributed by atoms with Gasteiger partial charge in [-0.3, -0.25) is 4.79 Å². The Morgan fingerprint density at radius 3 is 3.00 bits per heavy atom. The molecule has 0 unspecified atom stereocenters. The molecular weight excluding hydrogens is 214 g/mol. The maximum Gasteiger partial charge on any atom is 0.239 e. The molecule has 1 fully saturated rings. The Labute approximate surface area is 102 Å². The highest BCUT2D eigenvalue weighted by Gasteiger charge is 2.15. The second-order valence-corrected chi connectivity index (χ2v) is 4.44. The quantitative estimate of drug-likeness (QED) is 0.793. The molecule has 2 rings (SSSR count). The number of nitrogens with two attached hydrogens (primary N) is 1. The van der Waals surface area contributed by atoms with E-state index in [4.69, 9.17) is 5.73 Å². The van der Waals surface area contributed by atoms with Crippen LogP contribution in [0.1, 0.15) is 17.5 Å². The number of hydrogen-bond donors (Lipinski definition) is 2. The van der Waals surface area contributed by atoms with Crippen LogP contribution in [0, 0.1) is 6.92 Å². The lowest BCUT2D eigenvalue weighted by atomic mass is 10.1. The highest BCUT2D eigenvalue weighted by atomic mass is 16.2. The van der Waals surface area contributed by atoms with E-state index in [2.05, 4.69) is 23.2 Å². The van der Waals surface area contributed by atoms with E-state index in [0.717, 1.165) is 30.8 Å². The summed E-state index contributed by atoms with van der Waals surface area (Å²) in [5.41, 5.74) is 9.11. The van der Waals surface area contributed by atoms with Crippen LogP contribution >= 0.6 is 0 Å². The summed E-state index contributed by atoms with van der Waals surface area (Å²) in [5, 5.41) is 2.88. The molecule has 1 saturated heterocycles. The van der Waals surface area contributed by atoms with Gasteiger partial charge in [0.2, 0.25) is 5.91 Å². The molecule has 92 valence electrons. The predicted molar refractivity (Wildman–Crippen MR) is 68.9 cm³/mol. The molecule has 1 aliphatic rings. The number of amides is 1. The molecule has 0 aliphatic carbocycles. The van der Waals surface area contributed by atoms with Gasteiger partial charge in [0.1, 0.15) is 0 Å². The van der Waals surface area contributed by atoms with Crippen LogP contribution in [-0.2, 0) is 11.3 Å². The number of carbonyl (C=O) groups is 1. The van der Waals surface area contributed by atoms with Crippen LogP contribution in [-0.4, -0.2) is 25.5 Å². The first kappa shape index (κ1) is 11.9. The van der Waals surface area contributed by atoms with Gasteiger partial charge in [-0.15, -0.1) is 0 Å². The van der Waals surface area contributed by atoms with Crippen LogP contribution < -0.4 is 16.0 Å². The zero-order valence-electron chi connectivity index (χ0n) is 10.2. The van der Waals surface area contributed by atoms with Crippen molar-refractivity contribution < 1.29 is 4.79 Å². The summed E-state index contributed by atoms with van der Waals surface area (Å²) in [4.78, 5) is 13.6. The van der Waals surface area contributed by atoms with E-state index in [9.17, 15) is 4.79 Å². The van der Waals surface area contributed by atoms with Crippen molar-refractivity contribution in [2.24, 2.45) is 5.73 Å². The second-order valence-electron chi connectivity index (χ2n) is 4.44. The van der Waals surface area contributed by atoms with Crippen molar-refractivity contribution in [3.05, 3.63) is 29.3 Å². The van der Waals surface area contributed by atoms with Gasteiger partial charge in [-0.1, -0.05) is 6.07 Å². The van der Waals surface area contributed by atoms with E-state index in [0.29, 0.717) is 13.1 Å². The Hall–Kier alpha value is -1.55. The second kappa shape index (κ2) is 5.19. The van der Waals surface area contributed by atoms with Crippen molar-refractivity contribution in [3.63, 3.8) is 0 Å². The molecule has 1 heterocycles. The largest absolute Gasteiger partial charge is 0.362 e. The number of rotatable bonds is 2. The Morgan fingerprint density at radius 2 is 2.29 bits per heavy atom. The van der Waals surface area contributed by atoms with Crippen LogP contribution in [0.2, 0.25) is 0 Å². The summed E-state index contributed by atoms with van der Waals surface area (Å²) >= 11 is 0. The molecular formula is C13H19N3O. The average Bonchev–Trinajstić information content (AvgIpc) is 2.54. The van der Waals surface area contributed by atoms with Gasteiger partial charge in [0, 0.05) is 25.3 Å². The average molecular weight is 233 g/mol. The number of benzene rings is 1. The number of anilines is 1. The van der Waals surface area contributed by atoms with Crippen molar-refractivity contribution in [2.75, 3.05) is 24.5 Å². The fraction of sp³-hybridized carbons (Fsp3) is 0.462. The van der Waals surface area contributed by atoms with E-state index in [-0.39, 0.29) is 5.91 Å². The van der Waals surface area contributed by atoms with E-state index in [1.165, 1.54) is 5.56 Å². The standard InChI is InChI=1S/C13H19N3O/c1-10-7-12(4-3-11(10)8-14)16-6-2-5-15-13(17)9-16/h3-4,7H,2,5-6,8-9,14H2,1H3,(H,15,17). The minimum atomic E-state index is 0.100. The summed E-state index contributed by atoms with van der Waals surface area (Å²) in [5.74, 6) is 0.100. The molecule has 4 nitrogen and oxygen atoms in total.